The molecule has 2 aromatic heterocycles. The fraction of sp³-hybridized carbons (Fsp3) is 0.261. The predicted molar refractivity (Wildman–Crippen MR) is 121 cm³/mol. The Morgan fingerprint density at radius 1 is 1.16 bits per heavy atom. The fourth-order valence-electron chi connectivity index (χ4n) is 3.55. The van der Waals surface area contributed by atoms with Gasteiger partial charge in [0.25, 0.3) is 5.91 Å². The molecular weight excluding hydrogens is 406 g/mol. The zero-order valence-electron chi connectivity index (χ0n) is 17.5. The Kier molecular flexibility index (Phi) is 6.53. The van der Waals surface area contributed by atoms with Gasteiger partial charge < -0.3 is 20.6 Å². The number of benzene rings is 1. The lowest BCUT2D eigenvalue weighted by Gasteiger charge is -2.18. The molecule has 0 atom stereocenters. The summed E-state index contributed by atoms with van der Waals surface area (Å²) in [5.41, 5.74) is 3.14. The second-order valence-electron chi connectivity index (χ2n) is 7.35. The molecule has 0 saturated carbocycles. The van der Waals surface area contributed by atoms with E-state index in [4.69, 9.17) is 5.11 Å². The van der Waals surface area contributed by atoms with Crippen LogP contribution in [0, 0.1) is 11.3 Å². The standard InChI is InChI=1S/C23H23N7O2/c24-14-17-13-18(15-27-21(17)30-10-1-2-11-30)20-7-8-26-23(29-20)28-19-5-3-16(4-6-19)22(32)25-9-12-31/h3-8,13,15,31H,1-2,9-12H2,(H,25,32)(H,26,28,29). The van der Waals surface area contributed by atoms with E-state index in [1.54, 1.807) is 42.7 Å². The molecule has 0 spiro atoms. The van der Waals surface area contributed by atoms with E-state index in [0.717, 1.165) is 43.0 Å². The highest BCUT2D eigenvalue weighted by atomic mass is 16.3. The number of carbonyl (C=O) groups is 1. The smallest absolute Gasteiger partial charge is 0.251 e. The van der Waals surface area contributed by atoms with E-state index in [9.17, 15) is 10.1 Å². The van der Waals surface area contributed by atoms with E-state index in [1.807, 2.05) is 6.07 Å². The fourth-order valence-corrected chi connectivity index (χ4v) is 3.55. The Morgan fingerprint density at radius 2 is 1.94 bits per heavy atom. The second-order valence-corrected chi connectivity index (χ2v) is 7.35. The molecule has 1 aliphatic heterocycles. The molecule has 32 heavy (non-hydrogen) atoms. The van der Waals surface area contributed by atoms with Crippen LogP contribution in [0.2, 0.25) is 0 Å². The average Bonchev–Trinajstić information content (AvgIpc) is 3.37. The molecule has 1 amide bonds. The minimum absolute atomic E-state index is 0.106. The number of rotatable bonds is 7. The number of aliphatic hydroxyl groups is 1. The maximum absolute atomic E-state index is 11.9. The van der Waals surface area contributed by atoms with Crippen LogP contribution in [-0.2, 0) is 0 Å². The minimum atomic E-state index is -0.248. The molecule has 9 nitrogen and oxygen atoms in total. The summed E-state index contributed by atoms with van der Waals surface area (Å²) in [5, 5.41) is 24.1. The minimum Gasteiger partial charge on any atom is -0.395 e. The molecule has 162 valence electrons. The van der Waals surface area contributed by atoms with Gasteiger partial charge in [-0.2, -0.15) is 5.26 Å². The normalized spacial score (nSPS) is 12.9. The van der Waals surface area contributed by atoms with Crippen molar-refractivity contribution in [2.75, 3.05) is 36.5 Å². The average molecular weight is 429 g/mol. The van der Waals surface area contributed by atoms with Crippen molar-refractivity contribution in [3.63, 3.8) is 0 Å². The molecule has 3 N–H and O–H groups in total. The van der Waals surface area contributed by atoms with Gasteiger partial charge in [-0.1, -0.05) is 0 Å². The van der Waals surface area contributed by atoms with Crippen LogP contribution in [0.15, 0.2) is 48.8 Å². The number of aromatic nitrogens is 3. The highest BCUT2D eigenvalue weighted by Gasteiger charge is 2.18. The maximum atomic E-state index is 11.9. The highest BCUT2D eigenvalue weighted by Crippen LogP contribution is 2.26. The van der Waals surface area contributed by atoms with Crippen LogP contribution in [0.1, 0.15) is 28.8 Å². The third-order valence-corrected chi connectivity index (χ3v) is 5.14. The third-order valence-electron chi connectivity index (χ3n) is 5.14. The molecule has 0 unspecified atom stereocenters. The van der Waals surface area contributed by atoms with Crippen LogP contribution in [-0.4, -0.2) is 52.2 Å². The molecule has 1 aromatic carbocycles. The Labute approximate surface area is 185 Å². The van der Waals surface area contributed by atoms with Crippen molar-refractivity contribution >= 4 is 23.4 Å². The lowest BCUT2D eigenvalue weighted by molar-refractivity contribution is 0.0945. The monoisotopic (exact) mass is 429 g/mol. The first-order valence-corrected chi connectivity index (χ1v) is 10.4. The van der Waals surface area contributed by atoms with E-state index in [1.165, 1.54) is 0 Å². The Hall–Kier alpha value is -4.03. The summed E-state index contributed by atoms with van der Waals surface area (Å²) in [4.78, 5) is 27.4. The van der Waals surface area contributed by atoms with Crippen LogP contribution >= 0.6 is 0 Å². The topological polar surface area (TPSA) is 127 Å². The van der Waals surface area contributed by atoms with Gasteiger partial charge >= 0.3 is 0 Å². The van der Waals surface area contributed by atoms with Gasteiger partial charge in [0.2, 0.25) is 5.95 Å². The van der Waals surface area contributed by atoms with E-state index < -0.39 is 0 Å². The predicted octanol–water partition coefficient (Wildman–Crippen LogP) is 2.48. The van der Waals surface area contributed by atoms with Crippen LogP contribution in [0.3, 0.4) is 0 Å². The first kappa shape index (κ1) is 21.2. The second kappa shape index (κ2) is 9.85. The lowest BCUT2D eigenvalue weighted by atomic mass is 10.1. The third kappa shape index (κ3) is 4.82. The SMILES string of the molecule is N#Cc1cc(-c2ccnc(Nc3ccc(C(=O)NCCO)cc3)n2)cnc1N1CCCC1. The van der Waals surface area contributed by atoms with Gasteiger partial charge in [0.15, 0.2) is 0 Å². The highest BCUT2D eigenvalue weighted by molar-refractivity contribution is 5.94. The van der Waals surface area contributed by atoms with Gasteiger partial charge in [-0.3, -0.25) is 4.79 Å². The number of carbonyl (C=O) groups excluding carboxylic acids is 1. The van der Waals surface area contributed by atoms with E-state index in [2.05, 4.69) is 36.6 Å². The molecule has 3 aromatic rings. The Bertz CT molecular complexity index is 1140. The van der Waals surface area contributed by atoms with Crippen molar-refractivity contribution in [3.05, 3.63) is 59.9 Å². The van der Waals surface area contributed by atoms with Crippen molar-refractivity contribution in [1.82, 2.24) is 20.3 Å². The zero-order chi connectivity index (χ0) is 22.3. The zero-order valence-corrected chi connectivity index (χ0v) is 17.5. The summed E-state index contributed by atoms with van der Waals surface area (Å²) in [6, 6.07) is 12.7. The molecule has 1 saturated heterocycles. The number of nitrogens with zero attached hydrogens (tertiary/aromatic N) is 5. The van der Waals surface area contributed by atoms with Crippen molar-refractivity contribution in [1.29, 1.82) is 5.26 Å². The summed E-state index contributed by atoms with van der Waals surface area (Å²) in [5.74, 6) is 0.869. The van der Waals surface area contributed by atoms with Crippen LogP contribution in [0.25, 0.3) is 11.3 Å². The van der Waals surface area contributed by atoms with Crippen LogP contribution in [0.4, 0.5) is 17.5 Å². The van der Waals surface area contributed by atoms with Gasteiger partial charge in [0, 0.05) is 48.8 Å². The summed E-state index contributed by atoms with van der Waals surface area (Å²) < 4.78 is 0. The quantitative estimate of drug-likeness (QED) is 0.523. The van der Waals surface area contributed by atoms with Gasteiger partial charge in [-0.25, -0.2) is 15.0 Å². The number of nitriles is 1. The van der Waals surface area contributed by atoms with Crippen molar-refractivity contribution in [3.8, 4) is 17.3 Å². The number of aliphatic hydroxyl groups excluding tert-OH is 1. The number of pyridine rings is 1. The molecule has 1 fully saturated rings. The maximum Gasteiger partial charge on any atom is 0.251 e. The van der Waals surface area contributed by atoms with Crippen LogP contribution < -0.4 is 15.5 Å². The molecule has 4 rings (SSSR count). The van der Waals surface area contributed by atoms with Gasteiger partial charge in [-0.15, -0.1) is 0 Å². The van der Waals surface area contributed by atoms with Gasteiger partial charge in [0.05, 0.1) is 17.9 Å². The molecule has 0 radical (unpaired) electrons. The summed E-state index contributed by atoms with van der Waals surface area (Å²) >= 11 is 0. The van der Waals surface area contributed by atoms with Gasteiger partial charge in [-0.05, 0) is 49.2 Å². The Morgan fingerprint density at radius 3 is 2.66 bits per heavy atom. The van der Waals surface area contributed by atoms with Gasteiger partial charge in [0.1, 0.15) is 11.9 Å². The lowest BCUT2D eigenvalue weighted by Crippen LogP contribution is -2.26. The first-order chi connectivity index (χ1) is 15.7. The van der Waals surface area contributed by atoms with E-state index in [-0.39, 0.29) is 19.1 Å². The number of amides is 1. The molecule has 0 aliphatic carbocycles. The van der Waals surface area contributed by atoms with Crippen molar-refractivity contribution in [2.45, 2.75) is 12.8 Å². The first-order valence-electron chi connectivity index (χ1n) is 10.4. The largest absolute Gasteiger partial charge is 0.395 e. The van der Waals surface area contributed by atoms with E-state index >= 15 is 0 Å². The molecule has 1 aliphatic rings. The van der Waals surface area contributed by atoms with Crippen LogP contribution in [0.5, 0.6) is 0 Å². The molecule has 0 bridgehead atoms. The van der Waals surface area contributed by atoms with E-state index in [0.29, 0.717) is 22.8 Å². The number of hydrogen-bond acceptors (Lipinski definition) is 8. The summed E-state index contributed by atoms with van der Waals surface area (Å²) in [6.45, 7) is 1.95. The molecule has 9 heteroatoms. The number of hydrogen-bond donors (Lipinski definition) is 3. The summed E-state index contributed by atoms with van der Waals surface area (Å²) in [6.07, 6.45) is 5.61. The molecular formula is C23H23N7O2. The molecule has 3 heterocycles. The van der Waals surface area contributed by atoms with Crippen molar-refractivity contribution in [2.24, 2.45) is 0 Å². The number of nitrogens with one attached hydrogen (secondary N) is 2. The number of anilines is 3. The van der Waals surface area contributed by atoms with Crippen molar-refractivity contribution < 1.29 is 9.90 Å². The summed E-state index contributed by atoms with van der Waals surface area (Å²) in [7, 11) is 0. The Balaban J connectivity index is 1.50.